The van der Waals surface area contributed by atoms with Crippen LogP contribution in [0, 0.1) is 0 Å². The van der Waals surface area contributed by atoms with Crippen molar-refractivity contribution in [1.82, 2.24) is 0 Å². The summed E-state index contributed by atoms with van der Waals surface area (Å²) in [7, 11) is 1.56. The van der Waals surface area contributed by atoms with E-state index in [9.17, 15) is 4.79 Å². The first-order valence-electron chi connectivity index (χ1n) is 5.19. The second-order valence-electron chi connectivity index (χ2n) is 3.23. The SMILES string of the molecule is C/C=C/CCOc1ccc(C=O)cc1OC. The van der Waals surface area contributed by atoms with Gasteiger partial charge >= 0.3 is 0 Å². The van der Waals surface area contributed by atoms with Crippen molar-refractivity contribution in [3.8, 4) is 11.5 Å². The van der Waals surface area contributed by atoms with Crippen LogP contribution in [0.4, 0.5) is 0 Å². The second-order valence-corrected chi connectivity index (χ2v) is 3.23. The van der Waals surface area contributed by atoms with Crippen molar-refractivity contribution in [2.24, 2.45) is 0 Å². The summed E-state index contributed by atoms with van der Waals surface area (Å²) in [6, 6.07) is 5.12. The summed E-state index contributed by atoms with van der Waals surface area (Å²) in [6.07, 6.45) is 5.66. The van der Waals surface area contributed by atoms with E-state index in [2.05, 4.69) is 0 Å². The van der Waals surface area contributed by atoms with E-state index in [4.69, 9.17) is 9.47 Å². The minimum absolute atomic E-state index is 0.581. The summed E-state index contributed by atoms with van der Waals surface area (Å²) in [6.45, 7) is 2.57. The van der Waals surface area contributed by atoms with Crippen molar-refractivity contribution in [3.63, 3.8) is 0 Å². The maximum atomic E-state index is 10.6. The van der Waals surface area contributed by atoms with Crippen molar-refractivity contribution in [3.05, 3.63) is 35.9 Å². The van der Waals surface area contributed by atoms with Crippen LogP contribution in [0.15, 0.2) is 30.4 Å². The van der Waals surface area contributed by atoms with Crippen LogP contribution in [-0.4, -0.2) is 20.0 Å². The Labute approximate surface area is 95.7 Å². The first kappa shape index (κ1) is 12.3. The Hall–Kier alpha value is -1.77. The minimum atomic E-state index is 0.581. The molecule has 0 aromatic heterocycles. The van der Waals surface area contributed by atoms with Crippen LogP contribution in [0.25, 0.3) is 0 Å². The van der Waals surface area contributed by atoms with Crippen molar-refractivity contribution in [1.29, 1.82) is 0 Å². The molecule has 1 rings (SSSR count). The molecule has 0 aliphatic heterocycles. The van der Waals surface area contributed by atoms with E-state index in [1.54, 1.807) is 25.3 Å². The summed E-state index contributed by atoms with van der Waals surface area (Å²) in [5.41, 5.74) is 0.581. The van der Waals surface area contributed by atoms with Gasteiger partial charge in [-0.2, -0.15) is 0 Å². The Kier molecular flexibility index (Phi) is 5.12. The highest BCUT2D eigenvalue weighted by molar-refractivity contribution is 5.76. The van der Waals surface area contributed by atoms with Crippen LogP contribution in [0.1, 0.15) is 23.7 Å². The van der Waals surface area contributed by atoms with Gasteiger partial charge < -0.3 is 9.47 Å². The number of rotatable bonds is 6. The number of allylic oxidation sites excluding steroid dienone is 1. The smallest absolute Gasteiger partial charge is 0.161 e. The standard InChI is InChI=1S/C13H16O3/c1-3-4-5-8-16-12-7-6-11(10-14)9-13(12)15-2/h3-4,6-7,9-10H,5,8H2,1-2H3/b4-3+. The Morgan fingerprint density at radius 1 is 1.31 bits per heavy atom. The van der Waals surface area contributed by atoms with E-state index < -0.39 is 0 Å². The summed E-state index contributed by atoms with van der Waals surface area (Å²) >= 11 is 0. The number of hydrogen-bond donors (Lipinski definition) is 0. The summed E-state index contributed by atoms with van der Waals surface area (Å²) < 4.78 is 10.7. The molecule has 0 amide bonds. The number of benzene rings is 1. The molecule has 3 nitrogen and oxygen atoms in total. The molecule has 0 saturated heterocycles. The van der Waals surface area contributed by atoms with E-state index in [1.165, 1.54) is 0 Å². The zero-order valence-electron chi connectivity index (χ0n) is 9.60. The van der Waals surface area contributed by atoms with Crippen molar-refractivity contribution >= 4 is 6.29 Å². The van der Waals surface area contributed by atoms with Crippen LogP contribution in [-0.2, 0) is 0 Å². The molecule has 1 aromatic rings. The zero-order valence-corrected chi connectivity index (χ0v) is 9.60. The molecule has 0 heterocycles. The summed E-state index contributed by atoms with van der Waals surface area (Å²) in [5.74, 6) is 1.25. The lowest BCUT2D eigenvalue weighted by Gasteiger charge is -2.09. The van der Waals surface area contributed by atoms with Gasteiger partial charge in [0.2, 0.25) is 0 Å². The lowest BCUT2D eigenvalue weighted by molar-refractivity contribution is 0.112. The van der Waals surface area contributed by atoms with Gasteiger partial charge in [0.25, 0.3) is 0 Å². The van der Waals surface area contributed by atoms with Gasteiger partial charge in [-0.3, -0.25) is 4.79 Å². The molecule has 0 spiro atoms. The number of methoxy groups -OCH3 is 1. The highest BCUT2D eigenvalue weighted by atomic mass is 16.5. The Balaban J connectivity index is 2.67. The van der Waals surface area contributed by atoms with Crippen LogP contribution in [0.2, 0.25) is 0 Å². The Morgan fingerprint density at radius 2 is 2.12 bits per heavy atom. The van der Waals surface area contributed by atoms with Gasteiger partial charge in [0.1, 0.15) is 6.29 Å². The maximum Gasteiger partial charge on any atom is 0.161 e. The topological polar surface area (TPSA) is 35.5 Å². The molecule has 86 valence electrons. The third kappa shape index (κ3) is 3.42. The molecule has 0 unspecified atom stereocenters. The van der Waals surface area contributed by atoms with E-state index >= 15 is 0 Å². The molecule has 0 aliphatic rings. The molecule has 0 atom stereocenters. The first-order chi connectivity index (χ1) is 7.81. The van der Waals surface area contributed by atoms with Crippen molar-refractivity contribution < 1.29 is 14.3 Å². The van der Waals surface area contributed by atoms with Gasteiger partial charge in [-0.05, 0) is 31.5 Å². The fourth-order valence-electron chi connectivity index (χ4n) is 1.28. The van der Waals surface area contributed by atoms with Gasteiger partial charge in [0.15, 0.2) is 11.5 Å². The molecular formula is C13H16O3. The molecule has 0 aliphatic carbocycles. The molecule has 0 N–H and O–H groups in total. The largest absolute Gasteiger partial charge is 0.493 e. The highest BCUT2D eigenvalue weighted by Crippen LogP contribution is 2.27. The van der Waals surface area contributed by atoms with Gasteiger partial charge in [-0.15, -0.1) is 0 Å². The van der Waals surface area contributed by atoms with Crippen molar-refractivity contribution in [2.45, 2.75) is 13.3 Å². The summed E-state index contributed by atoms with van der Waals surface area (Å²) in [4.78, 5) is 10.6. The van der Waals surface area contributed by atoms with Gasteiger partial charge in [0.05, 0.1) is 13.7 Å². The van der Waals surface area contributed by atoms with Gasteiger partial charge in [-0.25, -0.2) is 0 Å². The predicted octanol–water partition coefficient (Wildman–Crippen LogP) is 2.85. The van der Waals surface area contributed by atoms with Gasteiger partial charge in [-0.1, -0.05) is 12.2 Å². The van der Waals surface area contributed by atoms with E-state index in [0.717, 1.165) is 12.7 Å². The third-order valence-corrected chi connectivity index (χ3v) is 2.10. The second kappa shape index (κ2) is 6.67. The minimum Gasteiger partial charge on any atom is -0.493 e. The number of carbonyl (C=O) groups excluding carboxylic acids is 1. The Morgan fingerprint density at radius 3 is 2.75 bits per heavy atom. The number of hydrogen-bond acceptors (Lipinski definition) is 3. The molecular weight excluding hydrogens is 204 g/mol. The lowest BCUT2D eigenvalue weighted by Crippen LogP contribution is -1.98. The fourth-order valence-corrected chi connectivity index (χ4v) is 1.28. The highest BCUT2D eigenvalue weighted by Gasteiger charge is 2.04. The zero-order chi connectivity index (χ0) is 11.8. The fraction of sp³-hybridized carbons (Fsp3) is 0.308. The lowest BCUT2D eigenvalue weighted by atomic mass is 10.2. The third-order valence-electron chi connectivity index (χ3n) is 2.10. The molecule has 0 fully saturated rings. The average molecular weight is 220 g/mol. The van der Waals surface area contributed by atoms with Crippen LogP contribution >= 0.6 is 0 Å². The number of aldehydes is 1. The monoisotopic (exact) mass is 220 g/mol. The number of ether oxygens (including phenoxy) is 2. The van der Waals surface area contributed by atoms with Crippen molar-refractivity contribution in [2.75, 3.05) is 13.7 Å². The normalized spacial score (nSPS) is 10.4. The Bertz CT molecular complexity index is 369. The molecule has 16 heavy (non-hydrogen) atoms. The predicted molar refractivity (Wildman–Crippen MR) is 63.3 cm³/mol. The van der Waals surface area contributed by atoms with Crippen LogP contribution < -0.4 is 9.47 Å². The van der Waals surface area contributed by atoms with Gasteiger partial charge in [0, 0.05) is 5.56 Å². The quantitative estimate of drug-likeness (QED) is 0.420. The number of carbonyl (C=O) groups is 1. The maximum absolute atomic E-state index is 10.6. The molecule has 0 saturated carbocycles. The average Bonchev–Trinajstić information content (AvgIpc) is 2.34. The van der Waals surface area contributed by atoms with E-state index in [0.29, 0.717) is 23.7 Å². The first-order valence-corrected chi connectivity index (χ1v) is 5.19. The van der Waals surface area contributed by atoms with Crippen LogP contribution in [0.5, 0.6) is 11.5 Å². The molecule has 1 aromatic carbocycles. The molecule has 0 bridgehead atoms. The van der Waals surface area contributed by atoms with E-state index in [1.807, 2.05) is 19.1 Å². The van der Waals surface area contributed by atoms with E-state index in [-0.39, 0.29) is 0 Å². The molecule has 3 heteroatoms. The van der Waals surface area contributed by atoms with Crippen LogP contribution in [0.3, 0.4) is 0 Å². The summed E-state index contributed by atoms with van der Waals surface area (Å²) in [5, 5.41) is 0. The molecule has 0 radical (unpaired) electrons.